The summed E-state index contributed by atoms with van der Waals surface area (Å²) >= 11 is 0. The molecular weight excluding hydrogens is 274 g/mol. The fourth-order valence-corrected chi connectivity index (χ4v) is 3.41. The van der Waals surface area contributed by atoms with Crippen LogP contribution >= 0.6 is 0 Å². The highest BCUT2D eigenvalue weighted by atomic mass is 16.4. The van der Waals surface area contributed by atoms with Crippen LogP contribution in [-0.2, 0) is 4.79 Å². The van der Waals surface area contributed by atoms with Crippen molar-refractivity contribution < 1.29 is 25.2 Å². The molecule has 2 heterocycles. The van der Waals surface area contributed by atoms with Gasteiger partial charge in [0.15, 0.2) is 0 Å². The number of rotatable bonds is 1. The third-order valence-corrected chi connectivity index (χ3v) is 4.54. The van der Waals surface area contributed by atoms with Gasteiger partial charge in [-0.25, -0.2) is 0 Å². The van der Waals surface area contributed by atoms with Crippen molar-refractivity contribution in [2.24, 2.45) is 0 Å². The minimum atomic E-state index is -1.48. The monoisotopic (exact) mass is 293 g/mol. The minimum Gasteiger partial charge on any atom is -0.388 e. The van der Waals surface area contributed by atoms with Crippen molar-refractivity contribution in [3.8, 4) is 0 Å². The molecule has 0 radical (unpaired) electrons. The topological polar surface area (TPSA) is 101 Å². The van der Waals surface area contributed by atoms with Crippen LogP contribution in [0.15, 0.2) is 30.3 Å². The first-order valence-electron chi connectivity index (χ1n) is 7.07. The molecular formula is C15H19NO5. The van der Waals surface area contributed by atoms with Crippen LogP contribution in [0.2, 0.25) is 0 Å². The van der Waals surface area contributed by atoms with Gasteiger partial charge in [0.05, 0.1) is 6.04 Å². The summed E-state index contributed by atoms with van der Waals surface area (Å²) in [6.45, 7) is -0.0812. The molecule has 0 bridgehead atoms. The Labute approximate surface area is 122 Å². The van der Waals surface area contributed by atoms with E-state index in [0.29, 0.717) is 0 Å². The first-order chi connectivity index (χ1) is 10.0. The van der Waals surface area contributed by atoms with E-state index in [-0.39, 0.29) is 24.8 Å². The third kappa shape index (κ3) is 2.34. The number of hydrogen-bond donors (Lipinski definition) is 4. The molecule has 1 amide bonds. The highest BCUT2D eigenvalue weighted by Gasteiger charge is 2.51. The molecule has 114 valence electrons. The maximum absolute atomic E-state index is 12.2. The Bertz CT molecular complexity index is 522. The van der Waals surface area contributed by atoms with E-state index < -0.39 is 30.5 Å². The lowest BCUT2D eigenvalue weighted by Crippen LogP contribution is -2.48. The van der Waals surface area contributed by atoms with Crippen molar-refractivity contribution in [3.63, 3.8) is 0 Å². The molecule has 2 aliphatic rings. The van der Waals surface area contributed by atoms with E-state index in [2.05, 4.69) is 0 Å². The average molecular weight is 293 g/mol. The van der Waals surface area contributed by atoms with Gasteiger partial charge >= 0.3 is 0 Å². The van der Waals surface area contributed by atoms with Crippen LogP contribution in [0.25, 0.3) is 0 Å². The molecule has 2 fully saturated rings. The summed E-state index contributed by atoms with van der Waals surface area (Å²) in [6.07, 6.45) is -5.28. The Morgan fingerprint density at radius 1 is 0.952 bits per heavy atom. The predicted molar refractivity (Wildman–Crippen MR) is 73.3 cm³/mol. The Kier molecular flexibility index (Phi) is 3.71. The maximum atomic E-state index is 12.2. The van der Waals surface area contributed by atoms with Crippen LogP contribution < -0.4 is 0 Å². The third-order valence-electron chi connectivity index (χ3n) is 4.54. The first kappa shape index (κ1) is 14.5. The van der Waals surface area contributed by atoms with Crippen LogP contribution in [0, 0.1) is 0 Å². The van der Waals surface area contributed by atoms with E-state index in [1.807, 2.05) is 30.3 Å². The first-order valence-corrected chi connectivity index (χ1v) is 7.07. The van der Waals surface area contributed by atoms with Crippen molar-refractivity contribution in [2.75, 3.05) is 6.54 Å². The summed E-state index contributed by atoms with van der Waals surface area (Å²) in [7, 11) is 0. The summed E-state index contributed by atoms with van der Waals surface area (Å²) in [5, 5.41) is 40.0. The number of carbonyl (C=O) groups excluding carboxylic acids is 1. The lowest BCUT2D eigenvalue weighted by atomic mass is 9.86. The summed E-state index contributed by atoms with van der Waals surface area (Å²) in [5.41, 5.74) is 0.899. The minimum absolute atomic E-state index is 0.0812. The molecule has 3 rings (SSSR count). The molecule has 6 nitrogen and oxygen atoms in total. The Morgan fingerprint density at radius 3 is 2.29 bits per heavy atom. The van der Waals surface area contributed by atoms with Gasteiger partial charge in [0.2, 0.25) is 5.91 Å². The summed E-state index contributed by atoms with van der Waals surface area (Å²) in [6, 6.07) is 8.68. The van der Waals surface area contributed by atoms with Crippen LogP contribution in [0.3, 0.4) is 0 Å². The zero-order valence-electron chi connectivity index (χ0n) is 11.4. The fraction of sp³-hybridized carbons (Fsp3) is 0.533. The molecule has 1 aromatic rings. The summed E-state index contributed by atoms with van der Waals surface area (Å²) in [5.74, 6) is -0.450. The van der Waals surface area contributed by atoms with E-state index in [1.54, 1.807) is 0 Å². The quantitative estimate of drug-likeness (QED) is 0.522. The van der Waals surface area contributed by atoms with Gasteiger partial charge in [-0.15, -0.1) is 0 Å². The second-order valence-corrected chi connectivity index (χ2v) is 5.80. The van der Waals surface area contributed by atoms with Crippen LogP contribution in [-0.4, -0.2) is 68.2 Å². The van der Waals surface area contributed by atoms with Gasteiger partial charge in [0, 0.05) is 18.9 Å². The summed E-state index contributed by atoms with van der Waals surface area (Å²) in [4.78, 5) is 13.6. The SMILES string of the molecule is O=C1C[C@@H](c2ccccc2)[C@@H]2[C@@H](O)[C@@H](O)[C@H](O)[C@H](O)CN12. The number of carbonyl (C=O) groups is 1. The lowest BCUT2D eigenvalue weighted by molar-refractivity contribution is -0.131. The molecule has 0 saturated carbocycles. The second kappa shape index (κ2) is 5.38. The molecule has 0 unspecified atom stereocenters. The van der Waals surface area contributed by atoms with E-state index in [9.17, 15) is 25.2 Å². The molecule has 4 N–H and O–H groups in total. The standard InChI is InChI=1S/C15H19NO5/c17-10-7-16-11(18)6-9(8-4-2-1-3-5-8)12(16)14(20)15(21)13(10)19/h1-5,9-10,12-15,17,19-21H,6-7H2/t9-,10+,12+,13+,14+,15-/m0/s1. The largest absolute Gasteiger partial charge is 0.388 e. The fourth-order valence-electron chi connectivity index (χ4n) is 3.41. The number of amides is 1. The Balaban J connectivity index is 1.98. The molecule has 2 saturated heterocycles. The number of aliphatic hydroxyl groups is 4. The number of fused-ring (bicyclic) bond motifs is 1. The zero-order valence-corrected chi connectivity index (χ0v) is 11.4. The van der Waals surface area contributed by atoms with Crippen molar-refractivity contribution >= 4 is 5.91 Å². The van der Waals surface area contributed by atoms with E-state index in [4.69, 9.17) is 0 Å². The van der Waals surface area contributed by atoms with Crippen molar-refractivity contribution in [1.82, 2.24) is 4.90 Å². The van der Waals surface area contributed by atoms with Crippen molar-refractivity contribution in [3.05, 3.63) is 35.9 Å². The molecule has 6 atom stereocenters. The van der Waals surface area contributed by atoms with E-state index >= 15 is 0 Å². The van der Waals surface area contributed by atoms with Gasteiger partial charge in [0.25, 0.3) is 0 Å². The molecule has 0 aromatic heterocycles. The van der Waals surface area contributed by atoms with Crippen LogP contribution in [0.4, 0.5) is 0 Å². The van der Waals surface area contributed by atoms with Gasteiger partial charge in [-0.3, -0.25) is 4.79 Å². The predicted octanol–water partition coefficient (Wildman–Crippen LogP) is -1.17. The van der Waals surface area contributed by atoms with Gasteiger partial charge in [-0.05, 0) is 5.56 Å². The lowest BCUT2D eigenvalue weighted by Gasteiger charge is -2.31. The highest BCUT2D eigenvalue weighted by Crippen LogP contribution is 2.39. The van der Waals surface area contributed by atoms with Gasteiger partial charge in [0.1, 0.15) is 24.4 Å². The Morgan fingerprint density at radius 2 is 1.62 bits per heavy atom. The maximum Gasteiger partial charge on any atom is 0.223 e. The van der Waals surface area contributed by atoms with Gasteiger partial charge in [-0.1, -0.05) is 30.3 Å². The highest BCUT2D eigenvalue weighted by molar-refractivity contribution is 5.81. The molecule has 1 aromatic carbocycles. The van der Waals surface area contributed by atoms with Crippen molar-refractivity contribution in [1.29, 1.82) is 0 Å². The van der Waals surface area contributed by atoms with Gasteiger partial charge in [-0.2, -0.15) is 0 Å². The number of aliphatic hydroxyl groups excluding tert-OH is 4. The molecule has 21 heavy (non-hydrogen) atoms. The molecule has 0 aliphatic carbocycles. The normalized spacial score (nSPS) is 40.0. The zero-order chi connectivity index (χ0) is 15.1. The molecule has 2 aliphatic heterocycles. The molecule has 0 spiro atoms. The van der Waals surface area contributed by atoms with E-state index in [1.165, 1.54) is 4.90 Å². The van der Waals surface area contributed by atoms with E-state index in [0.717, 1.165) is 5.56 Å². The van der Waals surface area contributed by atoms with Gasteiger partial charge < -0.3 is 25.3 Å². The smallest absolute Gasteiger partial charge is 0.223 e. The number of nitrogens with zero attached hydrogens (tertiary/aromatic N) is 1. The summed E-state index contributed by atoms with van der Waals surface area (Å²) < 4.78 is 0. The second-order valence-electron chi connectivity index (χ2n) is 5.80. The number of benzene rings is 1. The Hall–Kier alpha value is -1.47. The average Bonchev–Trinajstić information content (AvgIpc) is 2.78. The molecule has 6 heteroatoms. The van der Waals surface area contributed by atoms with Crippen LogP contribution in [0.1, 0.15) is 17.9 Å². The van der Waals surface area contributed by atoms with Crippen LogP contribution in [0.5, 0.6) is 0 Å². The number of hydrogen-bond acceptors (Lipinski definition) is 5. The van der Waals surface area contributed by atoms with Crippen molar-refractivity contribution in [2.45, 2.75) is 42.8 Å².